The quantitative estimate of drug-likeness (QED) is 0.170. The summed E-state index contributed by atoms with van der Waals surface area (Å²) in [7, 11) is -1.26. The summed E-state index contributed by atoms with van der Waals surface area (Å²) in [5.41, 5.74) is 11.2. The fourth-order valence-corrected chi connectivity index (χ4v) is 9.93. The Labute approximate surface area is 284 Å². The van der Waals surface area contributed by atoms with Gasteiger partial charge in [0.1, 0.15) is 0 Å². The minimum Gasteiger partial charge on any atom is -0.310 e. The van der Waals surface area contributed by atoms with E-state index in [1.807, 2.05) is 0 Å². The Hall–Kier alpha value is -5.57. The molecule has 0 amide bonds. The molecule has 0 spiro atoms. The highest BCUT2D eigenvalue weighted by atomic mass is 32.3. The number of para-hydroxylation sites is 1. The molecule has 1 aliphatic rings. The Bertz CT molecular complexity index is 2460. The zero-order valence-electron chi connectivity index (χ0n) is 27.1. The molecule has 0 radical (unpaired) electrons. The highest BCUT2D eigenvalue weighted by Crippen LogP contribution is 2.68. The van der Waals surface area contributed by atoms with Gasteiger partial charge in [-0.3, -0.25) is 0 Å². The van der Waals surface area contributed by atoms with Crippen LogP contribution in [-0.2, 0) is 0 Å². The van der Waals surface area contributed by atoms with Crippen molar-refractivity contribution in [3.05, 3.63) is 176 Å². The van der Waals surface area contributed by atoms with Crippen molar-refractivity contribution in [1.82, 2.24) is 0 Å². The SMILES string of the molecule is CS1(C)c2cc(-c3ccc4ccc5ccccc5c4c3)ccc2-c2ccc(N(c3ccccc3)c3ccc(-c4ccccc4)cc3)cc21. The molecule has 8 aromatic rings. The van der Waals surface area contributed by atoms with Gasteiger partial charge in [0, 0.05) is 26.9 Å². The zero-order valence-corrected chi connectivity index (χ0v) is 27.9. The monoisotopic (exact) mass is 633 g/mol. The third kappa shape index (κ3) is 4.72. The van der Waals surface area contributed by atoms with Crippen molar-refractivity contribution in [2.75, 3.05) is 17.4 Å². The molecule has 0 saturated heterocycles. The van der Waals surface area contributed by atoms with Gasteiger partial charge in [-0.2, -0.15) is 10.0 Å². The summed E-state index contributed by atoms with van der Waals surface area (Å²) in [5, 5.41) is 5.18. The van der Waals surface area contributed by atoms with Crippen molar-refractivity contribution in [3.8, 4) is 33.4 Å². The molecule has 0 atom stereocenters. The van der Waals surface area contributed by atoms with Crippen molar-refractivity contribution >= 4 is 48.6 Å². The molecule has 2 heteroatoms. The third-order valence-electron chi connectivity index (χ3n) is 9.92. The molecule has 0 saturated carbocycles. The second-order valence-electron chi connectivity index (χ2n) is 13.0. The van der Waals surface area contributed by atoms with Crippen LogP contribution in [0.25, 0.3) is 54.9 Å². The molecule has 0 N–H and O–H groups in total. The highest BCUT2D eigenvalue weighted by Gasteiger charge is 2.33. The lowest BCUT2D eigenvalue weighted by molar-refractivity contribution is 1.26. The van der Waals surface area contributed by atoms with Gasteiger partial charge in [-0.25, -0.2) is 0 Å². The molecule has 0 aliphatic carbocycles. The molecule has 0 fully saturated rings. The number of benzene rings is 8. The van der Waals surface area contributed by atoms with Gasteiger partial charge in [0.05, 0.1) is 0 Å². The summed E-state index contributed by atoms with van der Waals surface area (Å²) in [6, 6.07) is 64.6. The topological polar surface area (TPSA) is 3.24 Å². The molecule has 0 unspecified atom stereocenters. The zero-order chi connectivity index (χ0) is 32.2. The molecular weight excluding hydrogens is 599 g/mol. The predicted molar refractivity (Wildman–Crippen MR) is 208 cm³/mol. The number of rotatable bonds is 5. The van der Waals surface area contributed by atoms with Gasteiger partial charge in [-0.05, 0) is 116 Å². The molecule has 0 aromatic heterocycles. The molecule has 1 aliphatic heterocycles. The first-order chi connectivity index (χ1) is 23.5. The van der Waals surface area contributed by atoms with Gasteiger partial charge in [-0.1, -0.05) is 127 Å². The van der Waals surface area contributed by atoms with Gasteiger partial charge < -0.3 is 4.90 Å². The summed E-state index contributed by atoms with van der Waals surface area (Å²) in [4.78, 5) is 5.29. The van der Waals surface area contributed by atoms with E-state index < -0.39 is 10.0 Å². The smallest absolute Gasteiger partial charge is 0.0472 e. The van der Waals surface area contributed by atoms with Gasteiger partial charge in [0.15, 0.2) is 0 Å². The lowest BCUT2D eigenvalue weighted by Gasteiger charge is -2.31. The molecule has 0 bridgehead atoms. The van der Waals surface area contributed by atoms with E-state index in [4.69, 9.17) is 0 Å². The van der Waals surface area contributed by atoms with E-state index in [-0.39, 0.29) is 0 Å². The lowest BCUT2D eigenvalue weighted by atomic mass is 9.96. The highest BCUT2D eigenvalue weighted by molar-refractivity contribution is 8.33. The van der Waals surface area contributed by atoms with E-state index in [9.17, 15) is 0 Å². The van der Waals surface area contributed by atoms with Crippen LogP contribution in [0.1, 0.15) is 0 Å². The Morgan fingerprint density at radius 1 is 0.354 bits per heavy atom. The number of nitrogens with zero attached hydrogens (tertiary/aromatic N) is 1. The molecule has 48 heavy (non-hydrogen) atoms. The van der Waals surface area contributed by atoms with Crippen LogP contribution in [0.15, 0.2) is 186 Å². The van der Waals surface area contributed by atoms with E-state index in [0.29, 0.717) is 0 Å². The number of fused-ring (bicyclic) bond motifs is 6. The third-order valence-corrected chi connectivity index (χ3v) is 12.8. The summed E-state index contributed by atoms with van der Waals surface area (Å²) in [6.45, 7) is 0. The maximum atomic E-state index is 2.47. The summed E-state index contributed by atoms with van der Waals surface area (Å²) >= 11 is 0. The van der Waals surface area contributed by atoms with Crippen LogP contribution in [0.3, 0.4) is 0 Å². The van der Waals surface area contributed by atoms with Crippen molar-refractivity contribution in [3.63, 3.8) is 0 Å². The van der Waals surface area contributed by atoms with E-state index in [0.717, 1.165) is 11.4 Å². The largest absolute Gasteiger partial charge is 0.310 e. The predicted octanol–water partition coefficient (Wildman–Crippen LogP) is 13.3. The molecule has 8 aromatic carbocycles. The second kappa shape index (κ2) is 11.3. The van der Waals surface area contributed by atoms with Crippen molar-refractivity contribution < 1.29 is 0 Å². The minimum absolute atomic E-state index is 1.15. The minimum atomic E-state index is -1.26. The number of anilines is 3. The van der Waals surface area contributed by atoms with E-state index in [1.54, 1.807) is 0 Å². The number of hydrogen-bond acceptors (Lipinski definition) is 1. The van der Waals surface area contributed by atoms with Gasteiger partial charge >= 0.3 is 0 Å². The first-order valence-corrected chi connectivity index (χ1v) is 18.9. The van der Waals surface area contributed by atoms with Gasteiger partial charge in [-0.15, -0.1) is 0 Å². The summed E-state index contributed by atoms with van der Waals surface area (Å²) in [5.74, 6) is 0. The molecule has 1 nitrogen and oxygen atoms in total. The molecule has 1 heterocycles. The van der Waals surface area contributed by atoms with E-state index >= 15 is 0 Å². The van der Waals surface area contributed by atoms with Crippen LogP contribution in [-0.4, -0.2) is 12.5 Å². The number of hydrogen-bond donors (Lipinski definition) is 0. The van der Waals surface area contributed by atoms with Crippen LogP contribution in [0.2, 0.25) is 0 Å². The average molecular weight is 634 g/mol. The lowest BCUT2D eigenvalue weighted by Crippen LogP contribution is -2.10. The maximum absolute atomic E-state index is 2.47. The molecule has 9 rings (SSSR count). The Morgan fingerprint density at radius 2 is 0.854 bits per heavy atom. The maximum Gasteiger partial charge on any atom is 0.0472 e. The summed E-state index contributed by atoms with van der Waals surface area (Å²) in [6.07, 6.45) is 4.92. The Morgan fingerprint density at radius 3 is 1.62 bits per heavy atom. The molecule has 230 valence electrons. The fraction of sp³-hybridized carbons (Fsp3) is 0.0435. The first kappa shape index (κ1) is 28.6. The van der Waals surface area contributed by atoms with Crippen LogP contribution in [0.5, 0.6) is 0 Å². The van der Waals surface area contributed by atoms with Crippen LogP contribution < -0.4 is 4.90 Å². The van der Waals surface area contributed by atoms with Gasteiger partial charge in [0.25, 0.3) is 0 Å². The van der Waals surface area contributed by atoms with Crippen LogP contribution in [0.4, 0.5) is 17.1 Å². The fourth-order valence-electron chi connectivity index (χ4n) is 7.40. The van der Waals surface area contributed by atoms with Crippen molar-refractivity contribution in [2.45, 2.75) is 9.79 Å². The van der Waals surface area contributed by atoms with E-state index in [1.165, 1.54) is 70.4 Å². The average Bonchev–Trinajstić information content (AvgIpc) is 3.37. The van der Waals surface area contributed by atoms with Crippen LogP contribution >= 0.6 is 10.0 Å². The normalized spacial score (nSPS) is 13.6. The second-order valence-corrected chi connectivity index (χ2v) is 16.6. The van der Waals surface area contributed by atoms with Crippen molar-refractivity contribution in [1.29, 1.82) is 0 Å². The van der Waals surface area contributed by atoms with Gasteiger partial charge in [0.2, 0.25) is 0 Å². The van der Waals surface area contributed by atoms with E-state index in [2.05, 4.69) is 193 Å². The van der Waals surface area contributed by atoms with Crippen molar-refractivity contribution in [2.24, 2.45) is 0 Å². The standard InChI is InChI=1S/C46H35NS/c1-48(2)45-30-37(36-20-19-35-18-17-34-13-9-10-16-41(34)44(35)29-36)23-27-42(45)43-28-26-40(31-46(43)48)47(38-14-7-4-8-15-38)39-24-21-33(22-25-39)32-11-5-3-6-12-32/h3-31H,1-2H3. The Balaban J connectivity index is 1.12. The van der Waals surface area contributed by atoms with Crippen LogP contribution in [0, 0.1) is 0 Å². The molecular formula is C46H35NS. The first-order valence-electron chi connectivity index (χ1n) is 16.5. The Kier molecular flexibility index (Phi) is 6.74. The summed E-state index contributed by atoms with van der Waals surface area (Å²) < 4.78 is 0.